The molecule has 2 heterocycles. The minimum Gasteiger partial charge on any atom is -0.477 e. The molecule has 1 saturated heterocycles. The van der Waals surface area contributed by atoms with Gasteiger partial charge in [-0.15, -0.1) is 0 Å². The highest BCUT2D eigenvalue weighted by Crippen LogP contribution is 2.39. The molecule has 3 rings (SSSR count). The van der Waals surface area contributed by atoms with E-state index in [0.29, 0.717) is 11.9 Å². The molecule has 2 aliphatic rings. The Labute approximate surface area is 104 Å². The molecule has 96 valence electrons. The van der Waals surface area contributed by atoms with E-state index < -0.39 is 5.97 Å². The summed E-state index contributed by atoms with van der Waals surface area (Å²) < 4.78 is 5.71. The first-order valence-corrected chi connectivity index (χ1v) is 6.18. The topological polar surface area (TPSA) is 84.3 Å². The van der Waals surface area contributed by atoms with Crippen LogP contribution in [0, 0.1) is 5.92 Å². The monoisotopic (exact) mass is 249 g/mol. The van der Waals surface area contributed by atoms with Gasteiger partial charge in [0.25, 0.3) is 0 Å². The van der Waals surface area contributed by atoms with E-state index in [1.54, 1.807) is 0 Å². The molecule has 2 N–H and O–H groups in total. The van der Waals surface area contributed by atoms with Gasteiger partial charge in [-0.3, -0.25) is 0 Å². The fraction of sp³-hybridized carbons (Fsp3) is 0.583. The largest absolute Gasteiger partial charge is 0.477 e. The van der Waals surface area contributed by atoms with Gasteiger partial charge in [-0.1, -0.05) is 0 Å². The third-order valence-electron chi connectivity index (χ3n) is 3.41. The molecule has 1 aromatic heterocycles. The first kappa shape index (κ1) is 11.4. The second-order valence-electron chi connectivity index (χ2n) is 4.78. The predicted molar refractivity (Wildman–Crippen MR) is 63.5 cm³/mol. The van der Waals surface area contributed by atoms with Gasteiger partial charge in [0, 0.05) is 12.8 Å². The van der Waals surface area contributed by atoms with Crippen molar-refractivity contribution >= 4 is 11.9 Å². The maximum atomic E-state index is 10.8. The Morgan fingerprint density at radius 3 is 3.00 bits per heavy atom. The van der Waals surface area contributed by atoms with Gasteiger partial charge >= 0.3 is 5.97 Å². The Balaban J connectivity index is 1.71. The molecular weight excluding hydrogens is 234 g/mol. The van der Waals surface area contributed by atoms with Crippen molar-refractivity contribution in [2.45, 2.75) is 31.4 Å². The molecular formula is C12H15N3O3. The van der Waals surface area contributed by atoms with Crippen molar-refractivity contribution in [3.8, 4) is 0 Å². The van der Waals surface area contributed by atoms with E-state index >= 15 is 0 Å². The Kier molecular flexibility index (Phi) is 2.87. The predicted octanol–water partition coefficient (Wildman–Crippen LogP) is 1.15. The highest BCUT2D eigenvalue weighted by atomic mass is 16.5. The SMILES string of the molecule is O=C(O)c1ccnc(NC2CCOC2C2CC2)n1. The van der Waals surface area contributed by atoms with Crippen LogP contribution in [-0.4, -0.2) is 39.8 Å². The molecule has 6 heteroatoms. The van der Waals surface area contributed by atoms with Crippen LogP contribution in [0.1, 0.15) is 29.8 Å². The fourth-order valence-corrected chi connectivity index (χ4v) is 2.37. The van der Waals surface area contributed by atoms with Gasteiger partial charge in [0.1, 0.15) is 0 Å². The molecule has 2 atom stereocenters. The average molecular weight is 249 g/mol. The van der Waals surface area contributed by atoms with E-state index in [1.807, 2.05) is 0 Å². The van der Waals surface area contributed by atoms with Crippen LogP contribution in [0.3, 0.4) is 0 Å². The summed E-state index contributed by atoms with van der Waals surface area (Å²) in [6.45, 7) is 0.747. The van der Waals surface area contributed by atoms with Gasteiger partial charge in [-0.2, -0.15) is 0 Å². The number of anilines is 1. The number of nitrogens with zero attached hydrogens (tertiary/aromatic N) is 2. The second kappa shape index (κ2) is 4.53. The van der Waals surface area contributed by atoms with Gasteiger partial charge in [0.15, 0.2) is 5.69 Å². The summed E-state index contributed by atoms with van der Waals surface area (Å²) in [6.07, 6.45) is 5.04. The van der Waals surface area contributed by atoms with Crippen molar-refractivity contribution in [2.75, 3.05) is 11.9 Å². The number of carboxylic acid groups (broad SMARTS) is 1. The lowest BCUT2D eigenvalue weighted by molar-refractivity contribution is 0.0690. The summed E-state index contributed by atoms with van der Waals surface area (Å²) in [7, 11) is 0. The van der Waals surface area contributed by atoms with Crippen LogP contribution in [0.4, 0.5) is 5.95 Å². The Morgan fingerprint density at radius 2 is 2.28 bits per heavy atom. The van der Waals surface area contributed by atoms with Gasteiger partial charge in [0.2, 0.25) is 5.95 Å². The van der Waals surface area contributed by atoms with Crippen LogP contribution >= 0.6 is 0 Å². The van der Waals surface area contributed by atoms with E-state index in [-0.39, 0.29) is 17.8 Å². The van der Waals surface area contributed by atoms with E-state index in [9.17, 15) is 4.79 Å². The van der Waals surface area contributed by atoms with Crippen molar-refractivity contribution < 1.29 is 14.6 Å². The number of aromatic carboxylic acids is 1. The maximum absolute atomic E-state index is 10.8. The number of ether oxygens (including phenoxy) is 1. The van der Waals surface area contributed by atoms with Gasteiger partial charge in [-0.05, 0) is 31.2 Å². The fourth-order valence-electron chi connectivity index (χ4n) is 2.37. The molecule has 0 radical (unpaired) electrons. The minimum atomic E-state index is -1.04. The van der Waals surface area contributed by atoms with E-state index in [1.165, 1.54) is 25.1 Å². The molecule has 1 aliphatic carbocycles. The van der Waals surface area contributed by atoms with Crippen molar-refractivity contribution in [1.29, 1.82) is 0 Å². The summed E-state index contributed by atoms with van der Waals surface area (Å²) >= 11 is 0. The van der Waals surface area contributed by atoms with Crippen molar-refractivity contribution in [3.63, 3.8) is 0 Å². The van der Waals surface area contributed by atoms with Gasteiger partial charge < -0.3 is 15.2 Å². The van der Waals surface area contributed by atoms with E-state index in [0.717, 1.165) is 13.0 Å². The highest BCUT2D eigenvalue weighted by molar-refractivity contribution is 5.85. The molecule has 0 spiro atoms. The lowest BCUT2D eigenvalue weighted by Crippen LogP contribution is -2.31. The van der Waals surface area contributed by atoms with Crippen molar-refractivity contribution in [2.24, 2.45) is 5.92 Å². The van der Waals surface area contributed by atoms with Crippen LogP contribution in [0.15, 0.2) is 12.3 Å². The third kappa shape index (κ3) is 2.28. The zero-order valence-electron chi connectivity index (χ0n) is 9.87. The zero-order chi connectivity index (χ0) is 12.5. The Morgan fingerprint density at radius 1 is 1.44 bits per heavy atom. The van der Waals surface area contributed by atoms with Gasteiger partial charge in [-0.25, -0.2) is 14.8 Å². The Hall–Kier alpha value is -1.69. The number of hydrogen-bond donors (Lipinski definition) is 2. The molecule has 1 aliphatic heterocycles. The van der Waals surface area contributed by atoms with Gasteiger partial charge in [0.05, 0.1) is 12.1 Å². The maximum Gasteiger partial charge on any atom is 0.354 e. The minimum absolute atomic E-state index is 0.00869. The smallest absolute Gasteiger partial charge is 0.354 e. The number of carbonyl (C=O) groups is 1. The van der Waals surface area contributed by atoms with E-state index in [2.05, 4.69) is 15.3 Å². The third-order valence-corrected chi connectivity index (χ3v) is 3.41. The van der Waals surface area contributed by atoms with Crippen LogP contribution in [0.25, 0.3) is 0 Å². The summed E-state index contributed by atoms with van der Waals surface area (Å²) in [6, 6.07) is 1.58. The molecule has 6 nitrogen and oxygen atoms in total. The summed E-state index contributed by atoms with van der Waals surface area (Å²) in [5, 5.41) is 12.1. The molecule has 1 aromatic rings. The summed E-state index contributed by atoms with van der Waals surface area (Å²) in [4.78, 5) is 18.9. The average Bonchev–Trinajstić information content (AvgIpc) is 3.11. The van der Waals surface area contributed by atoms with Crippen LogP contribution in [0.5, 0.6) is 0 Å². The quantitative estimate of drug-likeness (QED) is 0.832. The lowest BCUT2D eigenvalue weighted by atomic mass is 10.1. The molecule has 0 amide bonds. The summed E-state index contributed by atoms with van der Waals surface area (Å²) in [5.74, 6) is -0.0226. The lowest BCUT2D eigenvalue weighted by Gasteiger charge is -2.19. The molecule has 18 heavy (non-hydrogen) atoms. The normalized spacial score (nSPS) is 27.1. The molecule has 1 saturated carbocycles. The second-order valence-corrected chi connectivity index (χ2v) is 4.78. The van der Waals surface area contributed by atoms with Crippen LogP contribution < -0.4 is 5.32 Å². The van der Waals surface area contributed by atoms with Crippen LogP contribution in [-0.2, 0) is 4.74 Å². The molecule has 0 aromatic carbocycles. The zero-order valence-corrected chi connectivity index (χ0v) is 9.87. The van der Waals surface area contributed by atoms with Crippen molar-refractivity contribution in [1.82, 2.24) is 9.97 Å². The number of aromatic nitrogens is 2. The van der Waals surface area contributed by atoms with Crippen LogP contribution in [0.2, 0.25) is 0 Å². The number of nitrogens with one attached hydrogen (secondary N) is 1. The Bertz CT molecular complexity index is 462. The number of rotatable bonds is 4. The first-order chi connectivity index (χ1) is 8.74. The molecule has 2 fully saturated rings. The van der Waals surface area contributed by atoms with E-state index in [4.69, 9.17) is 9.84 Å². The van der Waals surface area contributed by atoms with Crippen molar-refractivity contribution in [3.05, 3.63) is 18.0 Å². The first-order valence-electron chi connectivity index (χ1n) is 6.18. The molecule has 2 unspecified atom stereocenters. The standard InChI is InChI=1S/C12H15N3O3/c16-11(17)9-3-5-13-12(15-9)14-8-4-6-18-10(8)7-1-2-7/h3,5,7-8,10H,1-2,4,6H2,(H,16,17)(H,13,14,15). The number of hydrogen-bond acceptors (Lipinski definition) is 5. The highest BCUT2D eigenvalue weighted by Gasteiger charge is 2.40. The number of carboxylic acids is 1. The molecule has 0 bridgehead atoms. The summed E-state index contributed by atoms with van der Waals surface area (Å²) in [5.41, 5.74) is 0.00869.